The smallest absolute Gasteiger partial charge is 0.0908 e. The number of benzene rings is 1. The van der Waals surface area contributed by atoms with Gasteiger partial charge in [-0.3, -0.25) is 0 Å². The molecule has 38 heavy (non-hydrogen) atoms. The summed E-state index contributed by atoms with van der Waals surface area (Å²) >= 11 is -1.27. The fourth-order valence-electron chi connectivity index (χ4n) is 2.99. The maximum Gasteiger partial charge on any atom is 0.0908 e. The second kappa shape index (κ2) is 18.8. The van der Waals surface area contributed by atoms with Crippen molar-refractivity contribution in [3.8, 4) is 0 Å². The molecule has 0 saturated heterocycles. The zero-order valence-corrected chi connectivity index (χ0v) is 30.2. The minimum atomic E-state index is -1.27. The summed E-state index contributed by atoms with van der Waals surface area (Å²) in [6.07, 6.45) is 0. The summed E-state index contributed by atoms with van der Waals surface area (Å²) in [5, 5.41) is 1.52. The first-order valence-corrected chi connectivity index (χ1v) is 19.2. The Balaban J connectivity index is 0.000000488. The van der Waals surface area contributed by atoms with E-state index in [-0.39, 0.29) is 13.3 Å². The number of hydrogen-bond donors (Lipinski definition) is 0. The monoisotopic (exact) mass is 709 g/mol. The minimum Gasteiger partial charge on any atom is -0.664 e. The number of hydrogen-bond acceptors (Lipinski definition) is 1. The quantitative estimate of drug-likeness (QED) is 0.249. The molecule has 0 aliphatic carbocycles. The number of rotatable bonds is 5. The van der Waals surface area contributed by atoms with Crippen molar-refractivity contribution >= 4 is 17.6 Å². The summed E-state index contributed by atoms with van der Waals surface area (Å²) in [5.41, 5.74) is 5.05. The fraction of sp³-hybridized carbons (Fsp3) is 0.545. The van der Waals surface area contributed by atoms with Gasteiger partial charge in [0.05, 0.1) is 18.6 Å². The van der Waals surface area contributed by atoms with Gasteiger partial charge in [0, 0.05) is 7.92 Å². The Morgan fingerprint density at radius 1 is 0.632 bits per heavy atom. The van der Waals surface area contributed by atoms with E-state index in [0.717, 1.165) is 0 Å². The average molecular weight is 710 g/mol. The molecule has 0 bridgehead atoms. The van der Waals surface area contributed by atoms with Crippen molar-refractivity contribution in [2.75, 3.05) is 13.3 Å². The Hall–Kier alpha value is -1.43. The first kappa shape index (κ1) is 36.6. The van der Waals surface area contributed by atoms with E-state index in [0.29, 0.717) is 23.7 Å². The predicted molar refractivity (Wildman–Crippen MR) is 168 cm³/mol. The van der Waals surface area contributed by atoms with Crippen LogP contribution in [0.25, 0.3) is 0 Å². The first-order chi connectivity index (χ1) is 17.6. The molecule has 5 heteroatoms. The summed E-state index contributed by atoms with van der Waals surface area (Å²) in [7, 11) is -0.212. The zero-order chi connectivity index (χ0) is 29.5. The van der Waals surface area contributed by atoms with Crippen molar-refractivity contribution < 1.29 is 21.5 Å². The van der Waals surface area contributed by atoms with Gasteiger partial charge >= 0.3 is 52.0 Å². The summed E-state index contributed by atoms with van der Waals surface area (Å²) < 4.78 is 12.0. The van der Waals surface area contributed by atoms with Gasteiger partial charge in [0.25, 0.3) is 0 Å². The third kappa shape index (κ3) is 16.5. The minimum absolute atomic E-state index is 0.187. The molecular formula is C33H54N2OPW-. The van der Waals surface area contributed by atoms with E-state index < -0.39 is 18.1 Å². The van der Waals surface area contributed by atoms with Crippen molar-refractivity contribution in [2.24, 2.45) is 5.41 Å². The summed E-state index contributed by atoms with van der Waals surface area (Å²) in [6.45, 7) is 28.2. The van der Waals surface area contributed by atoms with Crippen molar-refractivity contribution in [2.45, 2.75) is 99.8 Å². The molecule has 0 amide bonds. The molecule has 0 atom stereocenters. The number of nitrogens with zero attached hydrogens (tertiary/aromatic N) is 2. The van der Waals surface area contributed by atoms with E-state index in [1.807, 2.05) is 4.40 Å². The maximum atomic E-state index is 10.1. The molecule has 3 nitrogen and oxygen atoms in total. The fourth-order valence-corrected chi connectivity index (χ4v) is 4.89. The van der Waals surface area contributed by atoms with Gasteiger partial charge < -0.3 is 9.97 Å². The molecule has 0 radical (unpaired) electrons. The number of aromatic nitrogens is 2. The van der Waals surface area contributed by atoms with Crippen molar-refractivity contribution in [1.82, 2.24) is 9.97 Å². The Labute approximate surface area is 244 Å². The molecule has 2 aromatic heterocycles. The van der Waals surface area contributed by atoms with Gasteiger partial charge in [0.1, 0.15) is 0 Å². The van der Waals surface area contributed by atoms with Crippen LogP contribution in [-0.4, -0.2) is 17.7 Å². The van der Waals surface area contributed by atoms with E-state index in [9.17, 15) is 3.40 Å². The van der Waals surface area contributed by atoms with Crippen molar-refractivity contribution in [3.05, 3.63) is 77.4 Å². The third-order valence-electron chi connectivity index (χ3n) is 5.49. The van der Waals surface area contributed by atoms with Crippen LogP contribution in [0.2, 0.25) is 0 Å². The largest absolute Gasteiger partial charge is 0.664 e. The average Bonchev–Trinajstić information content (AvgIpc) is 3.51. The van der Waals surface area contributed by atoms with E-state index in [1.165, 1.54) is 28.1 Å². The standard InChI is InChI=1S/2C10H16N.C8H11P.C5H10.O.W/c2*1-7(2)9-5-6-10(11-9)8(3)4;1-9(2)8-6-4-3-5-7-8;1-5(2,3)4;;/h2*5-8H,1-4H3;3-7H,1-2H3;1H,2-4H3;;/q2*-1;;;;/p+1. The van der Waals surface area contributed by atoms with Crippen molar-refractivity contribution in [1.29, 1.82) is 0 Å². The van der Waals surface area contributed by atoms with Gasteiger partial charge in [0.2, 0.25) is 0 Å². The summed E-state index contributed by atoms with van der Waals surface area (Å²) in [5.74, 6) is 2.23. The van der Waals surface area contributed by atoms with Gasteiger partial charge in [-0.2, -0.15) is 22.8 Å². The molecule has 214 valence electrons. The Morgan fingerprint density at radius 2 is 0.947 bits per heavy atom. The Kier molecular flexibility index (Phi) is 18.1. The third-order valence-corrected chi connectivity index (χ3v) is 9.86. The summed E-state index contributed by atoms with van der Waals surface area (Å²) in [4.78, 5) is 9.02. The van der Waals surface area contributed by atoms with Gasteiger partial charge in [-0.25, -0.2) is 0 Å². The summed E-state index contributed by atoms with van der Waals surface area (Å²) in [6, 6.07) is 19.2. The van der Waals surface area contributed by atoms with E-state index >= 15 is 0 Å². The Morgan fingerprint density at radius 3 is 1.08 bits per heavy atom. The van der Waals surface area contributed by atoms with E-state index in [2.05, 4.69) is 154 Å². The maximum absolute atomic E-state index is 10.1. The van der Waals surface area contributed by atoms with Crippen LogP contribution in [0.15, 0.2) is 54.6 Å². The van der Waals surface area contributed by atoms with Gasteiger partial charge in [-0.05, 0) is 35.8 Å². The predicted octanol–water partition coefficient (Wildman–Crippen LogP) is 8.83. The molecule has 0 saturated carbocycles. The second-order valence-corrected chi connectivity index (χ2v) is 16.3. The molecule has 3 aromatic rings. The first-order valence-electron chi connectivity index (χ1n) is 13.8. The molecule has 0 N–H and O–H groups in total. The topological polar surface area (TPSA) is 45.3 Å². The normalized spacial score (nSPS) is 11.0. The molecule has 1 aromatic carbocycles. The van der Waals surface area contributed by atoms with E-state index in [4.69, 9.17) is 0 Å². The Bertz CT molecular complexity index is 955. The zero-order valence-electron chi connectivity index (χ0n) is 26.3. The van der Waals surface area contributed by atoms with Crippen LogP contribution in [0.5, 0.6) is 0 Å². The van der Waals surface area contributed by atoms with Crippen LogP contribution >= 0.6 is 7.92 Å². The molecule has 0 spiro atoms. The SMILES string of the molecule is CC(C)(C)[CH]=[W]=[O].CC(C)c1ccc(C(C)C)[n-]1.CC(C)c1ccc(C(C)C)[n-]1.C[PH+](C)c1ccccc1. The van der Waals surface area contributed by atoms with Crippen LogP contribution in [0.4, 0.5) is 0 Å². The molecule has 0 fully saturated rings. The van der Waals surface area contributed by atoms with Crippen LogP contribution in [0.3, 0.4) is 0 Å². The van der Waals surface area contributed by atoms with Crippen LogP contribution < -0.4 is 15.3 Å². The van der Waals surface area contributed by atoms with Gasteiger partial charge in [-0.1, -0.05) is 97.9 Å². The molecule has 0 aliphatic heterocycles. The molecule has 0 aliphatic rings. The van der Waals surface area contributed by atoms with Gasteiger partial charge in [-0.15, -0.1) is 0 Å². The second-order valence-electron chi connectivity index (χ2n) is 12.2. The van der Waals surface area contributed by atoms with Crippen molar-refractivity contribution in [3.63, 3.8) is 0 Å². The molecule has 3 rings (SSSR count). The van der Waals surface area contributed by atoms with E-state index in [1.54, 1.807) is 0 Å². The molecular weight excluding hydrogens is 655 g/mol. The van der Waals surface area contributed by atoms with Crippen LogP contribution in [-0.2, 0) is 21.5 Å². The van der Waals surface area contributed by atoms with Gasteiger partial charge in [0.15, 0.2) is 0 Å². The molecule has 2 heterocycles. The molecule has 0 unspecified atom stereocenters. The van der Waals surface area contributed by atoms with Crippen LogP contribution in [0, 0.1) is 5.41 Å². The van der Waals surface area contributed by atoms with Crippen LogP contribution in [0.1, 0.15) is 123 Å².